The van der Waals surface area contributed by atoms with Gasteiger partial charge in [0.05, 0.1) is 10.6 Å². The lowest BCUT2D eigenvalue weighted by Gasteiger charge is -2.06. The first-order valence-electron chi connectivity index (χ1n) is 5.96. The molecule has 1 aromatic carbocycles. The van der Waals surface area contributed by atoms with Gasteiger partial charge in [-0.25, -0.2) is 0 Å². The maximum absolute atomic E-state index is 10.7. The Labute approximate surface area is 111 Å². The van der Waals surface area contributed by atoms with Crippen LogP contribution >= 0.6 is 0 Å². The minimum atomic E-state index is -0.397. The molecule has 0 aliphatic carbocycles. The average molecular weight is 260 g/mol. The van der Waals surface area contributed by atoms with Gasteiger partial charge in [0.1, 0.15) is 0 Å². The fourth-order valence-electron chi connectivity index (χ4n) is 1.99. The molecule has 1 aromatic heterocycles. The number of aryl methyl sites for hydroxylation is 2. The van der Waals surface area contributed by atoms with Crippen LogP contribution in [0.25, 0.3) is 0 Å². The molecule has 0 saturated heterocycles. The zero-order valence-electron chi connectivity index (χ0n) is 11.2. The van der Waals surface area contributed by atoms with E-state index in [2.05, 4.69) is 10.4 Å². The van der Waals surface area contributed by atoms with Gasteiger partial charge in [-0.1, -0.05) is 6.07 Å². The van der Waals surface area contributed by atoms with Crippen molar-refractivity contribution in [3.8, 4) is 0 Å². The molecule has 0 radical (unpaired) electrons. The Bertz CT molecular complexity index is 619. The van der Waals surface area contributed by atoms with Crippen LogP contribution in [0.2, 0.25) is 0 Å². The molecule has 0 unspecified atom stereocenters. The molecule has 2 rings (SSSR count). The van der Waals surface area contributed by atoms with Crippen LogP contribution in [-0.4, -0.2) is 14.7 Å². The predicted molar refractivity (Wildman–Crippen MR) is 73.1 cm³/mol. The summed E-state index contributed by atoms with van der Waals surface area (Å²) in [4.78, 5) is 10.3. The molecule has 0 amide bonds. The molecule has 0 atom stereocenters. The number of nitrogens with one attached hydrogen (secondary N) is 1. The summed E-state index contributed by atoms with van der Waals surface area (Å²) in [5.41, 5.74) is 4.00. The Hall–Kier alpha value is -2.37. The summed E-state index contributed by atoms with van der Waals surface area (Å²) in [6.45, 7) is 4.56. The predicted octanol–water partition coefficient (Wildman–Crippen LogP) is 2.56. The van der Waals surface area contributed by atoms with Crippen molar-refractivity contribution in [1.82, 2.24) is 9.78 Å². The van der Waals surface area contributed by atoms with E-state index in [0.717, 1.165) is 22.6 Å². The van der Waals surface area contributed by atoms with Gasteiger partial charge in [0.25, 0.3) is 5.69 Å². The molecule has 100 valence electrons. The molecule has 0 aliphatic rings. The second-order valence-electron chi connectivity index (χ2n) is 4.43. The number of rotatable bonds is 4. The van der Waals surface area contributed by atoms with E-state index in [1.807, 2.05) is 31.6 Å². The van der Waals surface area contributed by atoms with Gasteiger partial charge >= 0.3 is 0 Å². The number of hydrogen-bond donors (Lipinski definition) is 1. The molecule has 0 spiro atoms. The van der Waals surface area contributed by atoms with Gasteiger partial charge in [0.15, 0.2) is 0 Å². The van der Waals surface area contributed by atoms with E-state index in [-0.39, 0.29) is 5.69 Å². The molecule has 6 heteroatoms. The summed E-state index contributed by atoms with van der Waals surface area (Å²) < 4.78 is 1.83. The highest BCUT2D eigenvalue weighted by molar-refractivity contribution is 5.51. The lowest BCUT2D eigenvalue weighted by atomic mass is 10.2. The van der Waals surface area contributed by atoms with Gasteiger partial charge in [0.2, 0.25) is 0 Å². The Morgan fingerprint density at radius 1 is 1.42 bits per heavy atom. The van der Waals surface area contributed by atoms with E-state index in [9.17, 15) is 10.1 Å². The lowest BCUT2D eigenvalue weighted by molar-refractivity contribution is -0.384. The van der Waals surface area contributed by atoms with Gasteiger partial charge in [-0.05, 0) is 19.9 Å². The van der Waals surface area contributed by atoms with E-state index in [1.165, 1.54) is 12.1 Å². The third kappa shape index (κ3) is 2.73. The number of benzene rings is 1. The van der Waals surface area contributed by atoms with E-state index in [1.54, 1.807) is 6.07 Å². The number of nitrogens with zero attached hydrogens (tertiary/aromatic N) is 3. The molecule has 1 N–H and O–H groups in total. The Balaban J connectivity index is 2.14. The highest BCUT2D eigenvalue weighted by Gasteiger charge is 2.10. The fraction of sp³-hybridized carbons (Fsp3) is 0.308. The Morgan fingerprint density at radius 2 is 2.16 bits per heavy atom. The van der Waals surface area contributed by atoms with Gasteiger partial charge < -0.3 is 5.32 Å². The zero-order valence-corrected chi connectivity index (χ0v) is 11.2. The van der Waals surface area contributed by atoms with E-state index >= 15 is 0 Å². The third-order valence-electron chi connectivity index (χ3n) is 3.19. The van der Waals surface area contributed by atoms with Crippen LogP contribution < -0.4 is 5.32 Å². The molecule has 0 aliphatic heterocycles. The summed E-state index contributed by atoms with van der Waals surface area (Å²) in [5, 5.41) is 18.2. The number of aromatic nitrogens is 2. The van der Waals surface area contributed by atoms with Crippen LogP contribution in [0.5, 0.6) is 0 Å². The number of nitro groups is 1. The Morgan fingerprint density at radius 3 is 2.74 bits per heavy atom. The summed E-state index contributed by atoms with van der Waals surface area (Å²) in [6, 6.07) is 6.49. The van der Waals surface area contributed by atoms with Crippen LogP contribution in [0.4, 0.5) is 11.4 Å². The van der Waals surface area contributed by atoms with Gasteiger partial charge in [-0.3, -0.25) is 14.8 Å². The highest BCUT2D eigenvalue weighted by Crippen LogP contribution is 2.19. The van der Waals surface area contributed by atoms with Crippen molar-refractivity contribution in [2.24, 2.45) is 7.05 Å². The van der Waals surface area contributed by atoms with Crippen LogP contribution in [0.3, 0.4) is 0 Å². The van der Waals surface area contributed by atoms with Crippen molar-refractivity contribution in [3.05, 3.63) is 51.3 Å². The van der Waals surface area contributed by atoms with Crippen molar-refractivity contribution in [2.45, 2.75) is 20.4 Å². The number of anilines is 1. The smallest absolute Gasteiger partial charge is 0.271 e. The van der Waals surface area contributed by atoms with Crippen LogP contribution in [0, 0.1) is 24.0 Å². The van der Waals surface area contributed by atoms with Crippen molar-refractivity contribution < 1.29 is 4.92 Å². The standard InChI is InChI=1S/C13H16N4O2/c1-9-13(10(2)16(3)15-9)8-14-11-5-4-6-12(7-11)17(18)19/h4-7,14H,8H2,1-3H3. The van der Waals surface area contributed by atoms with Crippen molar-refractivity contribution in [3.63, 3.8) is 0 Å². The molecule has 2 aromatic rings. The summed E-state index contributed by atoms with van der Waals surface area (Å²) >= 11 is 0. The first-order valence-corrected chi connectivity index (χ1v) is 5.96. The fourth-order valence-corrected chi connectivity index (χ4v) is 1.99. The number of hydrogen-bond acceptors (Lipinski definition) is 4. The van der Waals surface area contributed by atoms with Gasteiger partial charge in [-0.2, -0.15) is 5.10 Å². The van der Waals surface area contributed by atoms with Crippen molar-refractivity contribution in [1.29, 1.82) is 0 Å². The molecule has 0 fully saturated rings. The molecule has 19 heavy (non-hydrogen) atoms. The van der Waals surface area contributed by atoms with Crippen molar-refractivity contribution in [2.75, 3.05) is 5.32 Å². The first-order chi connectivity index (χ1) is 8.99. The molecular formula is C13H16N4O2. The summed E-state index contributed by atoms with van der Waals surface area (Å²) in [5.74, 6) is 0. The normalized spacial score (nSPS) is 10.5. The number of nitro benzene ring substituents is 1. The van der Waals surface area contributed by atoms with E-state index in [0.29, 0.717) is 6.54 Å². The van der Waals surface area contributed by atoms with Crippen LogP contribution in [-0.2, 0) is 13.6 Å². The molecule has 1 heterocycles. The lowest BCUT2D eigenvalue weighted by Crippen LogP contribution is -2.02. The van der Waals surface area contributed by atoms with Crippen LogP contribution in [0.15, 0.2) is 24.3 Å². The third-order valence-corrected chi connectivity index (χ3v) is 3.19. The first kappa shape index (κ1) is 13.1. The zero-order chi connectivity index (χ0) is 14.0. The molecule has 0 bridgehead atoms. The average Bonchev–Trinajstić information content (AvgIpc) is 2.61. The summed E-state index contributed by atoms with van der Waals surface area (Å²) in [7, 11) is 1.90. The minimum absolute atomic E-state index is 0.0876. The molecule has 6 nitrogen and oxygen atoms in total. The highest BCUT2D eigenvalue weighted by atomic mass is 16.6. The van der Waals surface area contributed by atoms with E-state index < -0.39 is 4.92 Å². The minimum Gasteiger partial charge on any atom is -0.381 e. The number of non-ortho nitro benzene ring substituents is 1. The maximum atomic E-state index is 10.7. The second-order valence-corrected chi connectivity index (χ2v) is 4.43. The van der Waals surface area contributed by atoms with Crippen LogP contribution in [0.1, 0.15) is 17.0 Å². The summed E-state index contributed by atoms with van der Waals surface area (Å²) in [6.07, 6.45) is 0. The maximum Gasteiger partial charge on any atom is 0.271 e. The van der Waals surface area contributed by atoms with Gasteiger partial charge in [-0.15, -0.1) is 0 Å². The second kappa shape index (κ2) is 5.09. The largest absolute Gasteiger partial charge is 0.381 e. The van der Waals surface area contributed by atoms with Gasteiger partial charge in [0, 0.05) is 42.7 Å². The Kier molecular flexibility index (Phi) is 3.50. The molecular weight excluding hydrogens is 244 g/mol. The molecule has 0 saturated carbocycles. The van der Waals surface area contributed by atoms with Crippen molar-refractivity contribution >= 4 is 11.4 Å². The quantitative estimate of drug-likeness (QED) is 0.677. The van der Waals surface area contributed by atoms with E-state index in [4.69, 9.17) is 0 Å². The monoisotopic (exact) mass is 260 g/mol. The SMILES string of the molecule is Cc1nn(C)c(C)c1CNc1cccc([N+](=O)[O-])c1. The topological polar surface area (TPSA) is 73.0 Å².